The molecule has 0 heterocycles. The molecule has 2 rings (SSSR count). The van der Waals surface area contributed by atoms with E-state index in [-0.39, 0.29) is 11.7 Å². The van der Waals surface area contributed by atoms with Crippen molar-refractivity contribution in [3.63, 3.8) is 0 Å². The third-order valence-electron chi connectivity index (χ3n) is 4.61. The smallest absolute Gasteiger partial charge is 0.0802 e. The lowest BCUT2D eigenvalue weighted by molar-refractivity contribution is -0.0705. The van der Waals surface area contributed by atoms with Gasteiger partial charge in [-0.2, -0.15) is 0 Å². The van der Waals surface area contributed by atoms with E-state index in [9.17, 15) is 5.11 Å². The second-order valence-corrected chi connectivity index (χ2v) is 5.91. The standard InChI is InChI=1S/C14H27NO2/c1-17-14(7-4-8-14)11-15-10-13(16)9-12-5-2-3-6-12/h12-13,15-16H,2-11H2,1H3. The molecule has 0 aromatic rings. The Morgan fingerprint density at radius 2 is 2.00 bits per heavy atom. The zero-order valence-corrected chi connectivity index (χ0v) is 11.1. The number of methoxy groups -OCH3 is 1. The van der Waals surface area contributed by atoms with Crippen molar-refractivity contribution in [1.82, 2.24) is 5.32 Å². The molecule has 1 unspecified atom stereocenters. The van der Waals surface area contributed by atoms with Gasteiger partial charge in [-0.15, -0.1) is 0 Å². The van der Waals surface area contributed by atoms with Crippen LogP contribution in [0.25, 0.3) is 0 Å². The van der Waals surface area contributed by atoms with Crippen molar-refractivity contribution in [2.45, 2.75) is 63.1 Å². The highest BCUT2D eigenvalue weighted by Crippen LogP contribution is 2.34. The molecule has 0 saturated heterocycles. The Labute approximate surface area is 105 Å². The fraction of sp³-hybridized carbons (Fsp3) is 1.00. The van der Waals surface area contributed by atoms with Gasteiger partial charge in [-0.25, -0.2) is 0 Å². The van der Waals surface area contributed by atoms with Gasteiger partial charge in [0.05, 0.1) is 11.7 Å². The van der Waals surface area contributed by atoms with Gasteiger partial charge in [-0.3, -0.25) is 0 Å². The van der Waals surface area contributed by atoms with E-state index >= 15 is 0 Å². The first kappa shape index (κ1) is 13.3. The molecule has 1 atom stereocenters. The summed E-state index contributed by atoms with van der Waals surface area (Å²) in [5, 5.41) is 13.3. The molecule has 100 valence electrons. The van der Waals surface area contributed by atoms with E-state index in [4.69, 9.17) is 4.74 Å². The molecule has 0 aromatic carbocycles. The highest BCUT2D eigenvalue weighted by Gasteiger charge is 2.36. The minimum absolute atomic E-state index is 0.0765. The minimum Gasteiger partial charge on any atom is -0.392 e. The zero-order chi connectivity index (χ0) is 12.1. The molecule has 0 bridgehead atoms. The molecule has 0 spiro atoms. The molecule has 0 aromatic heterocycles. The molecule has 3 heteroatoms. The van der Waals surface area contributed by atoms with Gasteiger partial charge in [0, 0.05) is 20.2 Å². The van der Waals surface area contributed by atoms with Crippen molar-refractivity contribution in [3.05, 3.63) is 0 Å². The van der Waals surface area contributed by atoms with Gasteiger partial charge in [0.25, 0.3) is 0 Å². The number of aliphatic hydroxyl groups excluding tert-OH is 1. The van der Waals surface area contributed by atoms with Crippen molar-refractivity contribution in [2.75, 3.05) is 20.2 Å². The van der Waals surface area contributed by atoms with Crippen molar-refractivity contribution in [1.29, 1.82) is 0 Å². The predicted octanol–water partition coefficient (Wildman–Crippen LogP) is 2.09. The van der Waals surface area contributed by atoms with Crippen LogP contribution in [-0.4, -0.2) is 37.0 Å². The average molecular weight is 241 g/mol. The highest BCUT2D eigenvalue weighted by molar-refractivity contribution is 4.91. The van der Waals surface area contributed by atoms with Crippen molar-refractivity contribution in [2.24, 2.45) is 5.92 Å². The predicted molar refractivity (Wildman–Crippen MR) is 69.0 cm³/mol. The Hall–Kier alpha value is -0.120. The van der Waals surface area contributed by atoms with Gasteiger partial charge in [-0.05, 0) is 31.6 Å². The largest absolute Gasteiger partial charge is 0.392 e. The normalized spacial score (nSPS) is 25.8. The second kappa shape index (κ2) is 6.17. The summed E-state index contributed by atoms with van der Waals surface area (Å²) in [7, 11) is 1.80. The Morgan fingerprint density at radius 3 is 2.53 bits per heavy atom. The number of hydrogen-bond acceptors (Lipinski definition) is 3. The van der Waals surface area contributed by atoms with Gasteiger partial charge in [0.1, 0.15) is 0 Å². The van der Waals surface area contributed by atoms with Crippen LogP contribution in [0.3, 0.4) is 0 Å². The van der Waals surface area contributed by atoms with E-state index in [0.717, 1.165) is 38.3 Å². The number of nitrogens with one attached hydrogen (secondary N) is 1. The summed E-state index contributed by atoms with van der Waals surface area (Å²) >= 11 is 0. The van der Waals surface area contributed by atoms with Crippen molar-refractivity contribution < 1.29 is 9.84 Å². The maximum absolute atomic E-state index is 9.97. The van der Waals surface area contributed by atoms with E-state index in [1.165, 1.54) is 32.1 Å². The Bertz CT molecular complexity index is 217. The van der Waals surface area contributed by atoms with Crippen LogP contribution >= 0.6 is 0 Å². The summed E-state index contributed by atoms with van der Waals surface area (Å²) in [5.41, 5.74) is 0.0765. The molecule has 2 saturated carbocycles. The summed E-state index contributed by atoms with van der Waals surface area (Å²) in [6.45, 7) is 1.62. The Kier molecular flexibility index (Phi) is 4.83. The van der Waals surface area contributed by atoms with Crippen LogP contribution in [0.15, 0.2) is 0 Å². The summed E-state index contributed by atoms with van der Waals surface area (Å²) in [6, 6.07) is 0. The quantitative estimate of drug-likeness (QED) is 0.717. The average Bonchev–Trinajstić information content (AvgIpc) is 2.75. The van der Waals surface area contributed by atoms with Crippen LogP contribution in [0, 0.1) is 5.92 Å². The first-order valence-corrected chi connectivity index (χ1v) is 7.18. The molecule has 3 nitrogen and oxygen atoms in total. The van der Waals surface area contributed by atoms with Gasteiger partial charge in [0.15, 0.2) is 0 Å². The third-order valence-corrected chi connectivity index (χ3v) is 4.61. The van der Waals surface area contributed by atoms with Crippen molar-refractivity contribution in [3.8, 4) is 0 Å². The lowest BCUT2D eigenvalue weighted by Gasteiger charge is -2.40. The molecule has 17 heavy (non-hydrogen) atoms. The minimum atomic E-state index is -0.174. The van der Waals surface area contributed by atoms with E-state index in [0.29, 0.717) is 0 Å². The van der Waals surface area contributed by atoms with Crippen LogP contribution in [0.1, 0.15) is 51.4 Å². The van der Waals surface area contributed by atoms with Crippen molar-refractivity contribution >= 4 is 0 Å². The van der Waals surface area contributed by atoms with Crippen LogP contribution in [0.5, 0.6) is 0 Å². The Morgan fingerprint density at radius 1 is 1.29 bits per heavy atom. The summed E-state index contributed by atoms with van der Waals surface area (Å²) < 4.78 is 5.54. The lowest BCUT2D eigenvalue weighted by atomic mass is 9.80. The fourth-order valence-corrected chi connectivity index (χ4v) is 3.20. The van der Waals surface area contributed by atoms with Crippen LogP contribution in [-0.2, 0) is 4.74 Å². The molecule has 2 aliphatic rings. The van der Waals surface area contributed by atoms with E-state index in [2.05, 4.69) is 5.32 Å². The maximum Gasteiger partial charge on any atom is 0.0802 e. The van der Waals surface area contributed by atoms with Gasteiger partial charge >= 0.3 is 0 Å². The number of hydrogen-bond donors (Lipinski definition) is 2. The summed E-state index contributed by atoms with van der Waals surface area (Å²) in [6.07, 6.45) is 9.76. The molecule has 2 fully saturated rings. The van der Waals surface area contributed by atoms with Gasteiger partial charge < -0.3 is 15.2 Å². The highest BCUT2D eigenvalue weighted by atomic mass is 16.5. The van der Waals surface area contributed by atoms with Gasteiger partial charge in [-0.1, -0.05) is 25.7 Å². The summed E-state index contributed by atoms with van der Waals surface area (Å²) in [4.78, 5) is 0. The fourth-order valence-electron chi connectivity index (χ4n) is 3.20. The molecule has 0 aliphatic heterocycles. The SMILES string of the molecule is COC1(CNCC(O)CC2CCCC2)CCC1. The number of ether oxygens (including phenoxy) is 1. The summed E-state index contributed by atoms with van der Waals surface area (Å²) in [5.74, 6) is 0.770. The van der Waals surface area contributed by atoms with Crippen LogP contribution < -0.4 is 5.32 Å². The zero-order valence-electron chi connectivity index (χ0n) is 11.1. The van der Waals surface area contributed by atoms with Crippen LogP contribution in [0.4, 0.5) is 0 Å². The third kappa shape index (κ3) is 3.67. The first-order valence-electron chi connectivity index (χ1n) is 7.18. The molecule has 0 radical (unpaired) electrons. The maximum atomic E-state index is 9.97. The number of rotatable bonds is 7. The van der Waals surface area contributed by atoms with E-state index in [1.807, 2.05) is 0 Å². The molecule has 0 amide bonds. The topological polar surface area (TPSA) is 41.5 Å². The molecule has 2 N–H and O–H groups in total. The monoisotopic (exact) mass is 241 g/mol. The Balaban J connectivity index is 1.57. The molecule has 2 aliphatic carbocycles. The molecular formula is C14H27NO2. The molecular weight excluding hydrogens is 214 g/mol. The van der Waals surface area contributed by atoms with E-state index in [1.54, 1.807) is 7.11 Å². The first-order chi connectivity index (χ1) is 8.24. The number of aliphatic hydroxyl groups is 1. The second-order valence-electron chi connectivity index (χ2n) is 5.91. The van der Waals surface area contributed by atoms with Crippen LogP contribution in [0.2, 0.25) is 0 Å². The van der Waals surface area contributed by atoms with E-state index < -0.39 is 0 Å². The van der Waals surface area contributed by atoms with Gasteiger partial charge in [0.2, 0.25) is 0 Å². The lowest BCUT2D eigenvalue weighted by Crippen LogP contribution is -2.49.